The third-order valence-electron chi connectivity index (χ3n) is 2.87. The molecule has 2 aromatic heterocycles. The second kappa shape index (κ2) is 5.98. The Kier molecular flexibility index (Phi) is 3.90. The Bertz CT molecular complexity index is 697. The molecule has 0 radical (unpaired) electrons. The number of pyridine rings is 1. The Morgan fingerprint density at radius 3 is 2.80 bits per heavy atom. The van der Waals surface area contributed by atoms with Crippen molar-refractivity contribution in [1.29, 1.82) is 0 Å². The number of aromatic nitrogens is 2. The summed E-state index contributed by atoms with van der Waals surface area (Å²) >= 11 is 1.64. The molecular weight excluding hydrogens is 272 g/mol. The number of hydrogen-bond donors (Lipinski definition) is 1. The van der Waals surface area contributed by atoms with E-state index >= 15 is 0 Å². The van der Waals surface area contributed by atoms with Crippen molar-refractivity contribution in [2.75, 3.05) is 13.2 Å². The predicted octanol–water partition coefficient (Wildman–Crippen LogP) is 3.12. The summed E-state index contributed by atoms with van der Waals surface area (Å²) in [6, 6.07) is 9.81. The van der Waals surface area contributed by atoms with Crippen LogP contribution in [-0.2, 0) is 0 Å². The lowest BCUT2D eigenvalue weighted by Crippen LogP contribution is -1.99. The molecule has 102 valence electrons. The summed E-state index contributed by atoms with van der Waals surface area (Å²) in [5.74, 6) is 0.771. The van der Waals surface area contributed by atoms with E-state index in [2.05, 4.69) is 9.97 Å². The third kappa shape index (κ3) is 2.64. The molecule has 0 atom stereocenters. The quantitative estimate of drug-likeness (QED) is 0.732. The van der Waals surface area contributed by atoms with Crippen LogP contribution in [0.3, 0.4) is 0 Å². The van der Waals surface area contributed by atoms with Crippen molar-refractivity contribution in [3.05, 3.63) is 42.7 Å². The Hall–Kier alpha value is -1.98. The molecule has 0 aliphatic heterocycles. The van der Waals surface area contributed by atoms with E-state index in [0.717, 1.165) is 26.5 Å². The van der Waals surface area contributed by atoms with Crippen LogP contribution >= 0.6 is 11.3 Å². The average molecular weight is 286 g/mol. The first-order valence-corrected chi connectivity index (χ1v) is 7.24. The number of benzene rings is 1. The summed E-state index contributed by atoms with van der Waals surface area (Å²) in [7, 11) is 0. The maximum Gasteiger partial charge on any atom is 0.146 e. The molecule has 3 aromatic rings. The molecular formula is C15H14N2O2S. The standard InChI is InChI=1S/C15H14N2O2S/c18-9-2-10-19-12-3-1-4-13-14(12)17-15(20-13)11-5-7-16-8-6-11/h1,3-8,18H,2,9-10H2. The van der Waals surface area contributed by atoms with Crippen LogP contribution in [0.1, 0.15) is 6.42 Å². The first-order valence-electron chi connectivity index (χ1n) is 6.42. The molecule has 0 spiro atoms. The number of hydrogen-bond acceptors (Lipinski definition) is 5. The van der Waals surface area contributed by atoms with Crippen LogP contribution in [0, 0.1) is 0 Å². The fourth-order valence-corrected chi connectivity index (χ4v) is 2.89. The maximum absolute atomic E-state index is 8.81. The molecule has 3 rings (SSSR count). The van der Waals surface area contributed by atoms with Gasteiger partial charge in [-0.2, -0.15) is 0 Å². The zero-order valence-corrected chi connectivity index (χ0v) is 11.6. The molecule has 5 heteroatoms. The lowest BCUT2D eigenvalue weighted by Gasteiger charge is -2.04. The zero-order chi connectivity index (χ0) is 13.8. The highest BCUT2D eigenvalue weighted by Gasteiger charge is 2.10. The molecule has 4 nitrogen and oxygen atoms in total. The van der Waals surface area contributed by atoms with Gasteiger partial charge in [-0.1, -0.05) is 6.07 Å². The van der Waals surface area contributed by atoms with Gasteiger partial charge < -0.3 is 9.84 Å². The van der Waals surface area contributed by atoms with E-state index in [9.17, 15) is 0 Å². The van der Waals surface area contributed by atoms with E-state index in [1.807, 2.05) is 30.3 Å². The Morgan fingerprint density at radius 2 is 2.00 bits per heavy atom. The Labute approximate surface area is 120 Å². The lowest BCUT2D eigenvalue weighted by molar-refractivity contribution is 0.234. The number of thiazole rings is 1. The molecule has 0 amide bonds. The minimum atomic E-state index is 0.134. The van der Waals surface area contributed by atoms with Crippen molar-refractivity contribution in [3.8, 4) is 16.3 Å². The molecule has 0 aliphatic carbocycles. The topological polar surface area (TPSA) is 55.2 Å². The molecule has 0 fully saturated rings. The smallest absolute Gasteiger partial charge is 0.146 e. The van der Waals surface area contributed by atoms with Crippen LogP contribution in [-0.4, -0.2) is 28.3 Å². The minimum Gasteiger partial charge on any atom is -0.491 e. The van der Waals surface area contributed by atoms with Gasteiger partial charge in [-0.05, 0) is 24.3 Å². The Morgan fingerprint density at radius 1 is 1.15 bits per heavy atom. The molecule has 0 aliphatic rings. The second-order valence-electron chi connectivity index (χ2n) is 4.28. The van der Waals surface area contributed by atoms with E-state index in [1.54, 1.807) is 23.7 Å². The summed E-state index contributed by atoms with van der Waals surface area (Å²) in [5.41, 5.74) is 1.93. The highest BCUT2D eigenvalue weighted by molar-refractivity contribution is 7.21. The van der Waals surface area contributed by atoms with Gasteiger partial charge in [0.1, 0.15) is 16.3 Å². The van der Waals surface area contributed by atoms with Crippen LogP contribution < -0.4 is 4.74 Å². The van der Waals surface area contributed by atoms with Gasteiger partial charge in [0, 0.05) is 31.0 Å². The first kappa shape index (κ1) is 13.0. The molecule has 1 aromatic carbocycles. The molecule has 0 saturated heterocycles. The van der Waals surface area contributed by atoms with Crippen molar-refractivity contribution in [2.24, 2.45) is 0 Å². The fraction of sp³-hybridized carbons (Fsp3) is 0.200. The van der Waals surface area contributed by atoms with Crippen molar-refractivity contribution in [1.82, 2.24) is 9.97 Å². The number of para-hydroxylation sites is 1. The van der Waals surface area contributed by atoms with Gasteiger partial charge in [0.05, 0.1) is 11.3 Å². The molecule has 2 heterocycles. The van der Waals surface area contributed by atoms with Gasteiger partial charge in [-0.15, -0.1) is 11.3 Å². The number of aliphatic hydroxyl groups is 1. The number of nitrogens with zero attached hydrogens (tertiary/aromatic N) is 2. The highest BCUT2D eigenvalue weighted by atomic mass is 32.1. The molecule has 0 saturated carbocycles. The number of aliphatic hydroxyl groups excluding tert-OH is 1. The normalized spacial score (nSPS) is 10.8. The van der Waals surface area contributed by atoms with Crippen LogP contribution in [0.25, 0.3) is 20.8 Å². The fourth-order valence-electron chi connectivity index (χ4n) is 1.90. The number of fused-ring (bicyclic) bond motifs is 1. The van der Waals surface area contributed by atoms with Crippen molar-refractivity contribution < 1.29 is 9.84 Å². The van der Waals surface area contributed by atoms with E-state index in [-0.39, 0.29) is 6.61 Å². The van der Waals surface area contributed by atoms with Crippen LogP contribution in [0.15, 0.2) is 42.7 Å². The van der Waals surface area contributed by atoms with E-state index in [4.69, 9.17) is 9.84 Å². The van der Waals surface area contributed by atoms with Gasteiger partial charge >= 0.3 is 0 Å². The molecule has 0 bridgehead atoms. The second-order valence-corrected chi connectivity index (χ2v) is 5.31. The minimum absolute atomic E-state index is 0.134. The first-order chi connectivity index (χ1) is 9.88. The van der Waals surface area contributed by atoms with Crippen molar-refractivity contribution >= 4 is 21.6 Å². The predicted molar refractivity (Wildman–Crippen MR) is 80.0 cm³/mol. The molecule has 20 heavy (non-hydrogen) atoms. The monoisotopic (exact) mass is 286 g/mol. The summed E-state index contributed by atoms with van der Waals surface area (Å²) in [4.78, 5) is 8.69. The van der Waals surface area contributed by atoms with Gasteiger partial charge in [-0.25, -0.2) is 4.98 Å². The summed E-state index contributed by atoms with van der Waals surface area (Å²) in [6.07, 6.45) is 4.15. The van der Waals surface area contributed by atoms with Gasteiger partial charge in [0.25, 0.3) is 0 Å². The average Bonchev–Trinajstić information content (AvgIpc) is 2.93. The van der Waals surface area contributed by atoms with Crippen molar-refractivity contribution in [2.45, 2.75) is 6.42 Å². The summed E-state index contributed by atoms with van der Waals surface area (Å²) in [5, 5.41) is 9.77. The van der Waals surface area contributed by atoms with Gasteiger partial charge in [-0.3, -0.25) is 4.98 Å². The van der Waals surface area contributed by atoms with E-state index in [0.29, 0.717) is 13.0 Å². The largest absolute Gasteiger partial charge is 0.491 e. The lowest BCUT2D eigenvalue weighted by atomic mass is 10.3. The SMILES string of the molecule is OCCCOc1cccc2sc(-c3ccncc3)nc12. The summed E-state index contributed by atoms with van der Waals surface area (Å²) < 4.78 is 6.78. The van der Waals surface area contributed by atoms with Gasteiger partial charge in [0.2, 0.25) is 0 Å². The van der Waals surface area contributed by atoms with E-state index < -0.39 is 0 Å². The Balaban J connectivity index is 1.96. The third-order valence-corrected chi connectivity index (χ3v) is 3.94. The number of ether oxygens (including phenoxy) is 1. The molecule has 0 unspecified atom stereocenters. The summed E-state index contributed by atoms with van der Waals surface area (Å²) in [6.45, 7) is 0.632. The van der Waals surface area contributed by atoms with Crippen LogP contribution in [0.5, 0.6) is 5.75 Å². The highest BCUT2D eigenvalue weighted by Crippen LogP contribution is 2.34. The van der Waals surface area contributed by atoms with Crippen LogP contribution in [0.2, 0.25) is 0 Å². The van der Waals surface area contributed by atoms with Crippen molar-refractivity contribution in [3.63, 3.8) is 0 Å². The maximum atomic E-state index is 8.81. The van der Waals surface area contributed by atoms with Crippen LogP contribution in [0.4, 0.5) is 0 Å². The zero-order valence-electron chi connectivity index (χ0n) is 10.8. The number of rotatable bonds is 5. The van der Waals surface area contributed by atoms with Gasteiger partial charge in [0.15, 0.2) is 0 Å². The molecule has 1 N–H and O–H groups in total. The van der Waals surface area contributed by atoms with E-state index in [1.165, 1.54) is 0 Å².